The van der Waals surface area contributed by atoms with Gasteiger partial charge in [-0.1, -0.05) is 0 Å². The Morgan fingerprint density at radius 3 is 2.62 bits per heavy atom. The van der Waals surface area contributed by atoms with Crippen molar-refractivity contribution in [3.05, 3.63) is 31.6 Å². The first-order chi connectivity index (χ1) is 9.70. The summed E-state index contributed by atoms with van der Waals surface area (Å²) in [6.07, 6.45) is 2.75. The van der Waals surface area contributed by atoms with E-state index in [1.165, 1.54) is 34.5 Å². The van der Waals surface area contributed by atoms with Crippen LogP contribution in [0.25, 0.3) is 0 Å². The van der Waals surface area contributed by atoms with Gasteiger partial charge < -0.3 is 5.11 Å². The van der Waals surface area contributed by atoms with Crippen molar-refractivity contribution in [2.24, 2.45) is 7.05 Å². The van der Waals surface area contributed by atoms with Gasteiger partial charge in [-0.15, -0.1) is 11.3 Å². The van der Waals surface area contributed by atoms with Crippen LogP contribution in [0.4, 0.5) is 0 Å². The Bertz CT molecular complexity index is 784. The van der Waals surface area contributed by atoms with Crippen molar-refractivity contribution < 1.29 is 18.3 Å². The second-order valence-electron chi connectivity index (χ2n) is 4.03. The van der Waals surface area contributed by atoms with E-state index in [9.17, 15) is 18.3 Å². The number of aryl methyl sites for hydroxylation is 1. The first kappa shape index (κ1) is 16.6. The first-order valence-corrected chi connectivity index (χ1v) is 9.28. The summed E-state index contributed by atoms with van der Waals surface area (Å²) in [6, 6.07) is -0.00606. The van der Waals surface area contributed by atoms with Crippen LogP contribution in [0, 0.1) is 0 Å². The molecule has 2 heterocycles. The molecule has 0 aliphatic rings. The van der Waals surface area contributed by atoms with E-state index in [1.54, 1.807) is 7.05 Å². The summed E-state index contributed by atoms with van der Waals surface area (Å²) < 4.78 is 29.2. The summed E-state index contributed by atoms with van der Waals surface area (Å²) >= 11 is 7.51. The van der Waals surface area contributed by atoms with Crippen molar-refractivity contribution in [2.45, 2.75) is 10.9 Å². The van der Waals surface area contributed by atoms with Gasteiger partial charge in [-0.3, -0.25) is 9.48 Å². The number of thiophene rings is 1. The summed E-state index contributed by atoms with van der Waals surface area (Å²) in [7, 11) is -2.37. The van der Waals surface area contributed by atoms with E-state index in [1.807, 2.05) is 0 Å². The predicted octanol–water partition coefficient (Wildman–Crippen LogP) is 2.11. The molecule has 1 atom stereocenters. The first-order valence-electron chi connectivity index (χ1n) is 5.39. The van der Waals surface area contributed by atoms with Crippen LogP contribution >= 0.6 is 43.2 Å². The number of aromatic nitrogens is 2. The monoisotopic (exact) mass is 457 g/mol. The molecule has 21 heavy (non-hydrogen) atoms. The third kappa shape index (κ3) is 3.72. The minimum atomic E-state index is -3.99. The van der Waals surface area contributed by atoms with Crippen LogP contribution in [0.1, 0.15) is 11.6 Å². The fraction of sp³-hybridized carbons (Fsp3) is 0.200. The largest absolute Gasteiger partial charge is 0.480 e. The van der Waals surface area contributed by atoms with Gasteiger partial charge in [-0.2, -0.15) is 9.82 Å². The molecule has 1 unspecified atom stereocenters. The number of rotatable bonds is 5. The number of carbonyl (C=O) groups is 1. The Hall–Kier alpha value is -0.750. The van der Waals surface area contributed by atoms with E-state index < -0.39 is 22.0 Å². The van der Waals surface area contributed by atoms with Crippen LogP contribution in [0.5, 0.6) is 0 Å². The number of hydrogen-bond donors (Lipinski definition) is 2. The summed E-state index contributed by atoms with van der Waals surface area (Å²) in [4.78, 5) is 11.3. The zero-order chi connectivity index (χ0) is 15.8. The molecule has 0 fully saturated rings. The molecule has 0 aliphatic heterocycles. The van der Waals surface area contributed by atoms with Gasteiger partial charge in [0.05, 0.1) is 13.8 Å². The lowest BCUT2D eigenvalue weighted by Crippen LogP contribution is -2.33. The number of halogens is 2. The Kier molecular flexibility index (Phi) is 4.88. The summed E-state index contributed by atoms with van der Waals surface area (Å²) in [5, 5.41) is 13.1. The van der Waals surface area contributed by atoms with E-state index in [2.05, 4.69) is 41.7 Å². The van der Waals surface area contributed by atoms with Gasteiger partial charge in [0.25, 0.3) is 0 Å². The number of carboxylic acid groups (broad SMARTS) is 1. The Balaban J connectivity index is 2.37. The molecule has 0 aromatic carbocycles. The van der Waals surface area contributed by atoms with Crippen LogP contribution in [0.15, 0.2) is 30.9 Å². The van der Waals surface area contributed by atoms with Gasteiger partial charge in [-0.05, 0) is 37.9 Å². The number of nitrogens with one attached hydrogen (secondary N) is 1. The summed E-state index contributed by atoms with van der Waals surface area (Å²) in [5.74, 6) is -1.31. The van der Waals surface area contributed by atoms with Crippen molar-refractivity contribution in [1.29, 1.82) is 0 Å². The fourth-order valence-corrected chi connectivity index (χ4v) is 6.57. The maximum Gasteiger partial charge on any atom is 0.326 e. The van der Waals surface area contributed by atoms with E-state index in [0.29, 0.717) is 7.57 Å². The molecule has 2 aromatic rings. The zero-order valence-electron chi connectivity index (χ0n) is 10.4. The van der Waals surface area contributed by atoms with Gasteiger partial charge in [0, 0.05) is 18.8 Å². The highest BCUT2D eigenvalue weighted by Gasteiger charge is 2.30. The highest BCUT2D eigenvalue weighted by molar-refractivity contribution is 9.12. The highest BCUT2D eigenvalue weighted by atomic mass is 79.9. The maximum atomic E-state index is 12.3. The maximum absolute atomic E-state index is 12.3. The van der Waals surface area contributed by atoms with Gasteiger partial charge >= 0.3 is 5.97 Å². The molecular formula is C10H9Br2N3O4S2. The van der Waals surface area contributed by atoms with Crippen LogP contribution in [-0.2, 0) is 21.9 Å². The van der Waals surface area contributed by atoms with E-state index in [-0.39, 0.29) is 10.5 Å². The number of hydrogen-bond acceptors (Lipinski definition) is 5. The molecule has 11 heteroatoms. The summed E-state index contributed by atoms with van der Waals surface area (Å²) in [5.41, 5.74) is 0.249. The topological polar surface area (TPSA) is 101 Å². The summed E-state index contributed by atoms with van der Waals surface area (Å²) in [6.45, 7) is 0. The second kappa shape index (κ2) is 6.16. The molecule has 114 valence electrons. The van der Waals surface area contributed by atoms with E-state index in [4.69, 9.17) is 0 Å². The van der Waals surface area contributed by atoms with Crippen LogP contribution < -0.4 is 4.72 Å². The van der Waals surface area contributed by atoms with Gasteiger partial charge in [0.15, 0.2) is 0 Å². The standard InChI is InChI=1S/C10H9Br2N3O4S2/c1-15-4-5(3-13-15)8(10(16)17)14-21(18,19)6-2-7(11)20-9(6)12/h2-4,8,14H,1H3,(H,16,17). The van der Waals surface area contributed by atoms with Gasteiger partial charge in [-0.25, -0.2) is 8.42 Å². The Morgan fingerprint density at radius 2 is 2.19 bits per heavy atom. The highest BCUT2D eigenvalue weighted by Crippen LogP contribution is 2.35. The number of carboxylic acids is 1. The molecule has 0 bridgehead atoms. The molecule has 7 nitrogen and oxygen atoms in total. The number of nitrogens with zero attached hydrogens (tertiary/aromatic N) is 2. The number of aliphatic carboxylic acids is 1. The molecule has 0 radical (unpaired) electrons. The van der Waals surface area contributed by atoms with Crippen LogP contribution in [-0.4, -0.2) is 29.3 Å². The smallest absolute Gasteiger partial charge is 0.326 e. The lowest BCUT2D eigenvalue weighted by molar-refractivity contribution is -0.139. The normalized spacial score (nSPS) is 13.3. The molecule has 2 rings (SSSR count). The average Bonchev–Trinajstić information content (AvgIpc) is 2.92. The molecule has 0 amide bonds. The third-order valence-corrected chi connectivity index (χ3v) is 6.67. The van der Waals surface area contributed by atoms with Crippen molar-refractivity contribution in [3.8, 4) is 0 Å². The molecule has 0 aliphatic carbocycles. The fourth-order valence-electron chi connectivity index (χ4n) is 1.58. The van der Waals surface area contributed by atoms with Crippen molar-refractivity contribution in [1.82, 2.24) is 14.5 Å². The lowest BCUT2D eigenvalue weighted by Gasteiger charge is -2.12. The lowest BCUT2D eigenvalue weighted by atomic mass is 10.2. The predicted molar refractivity (Wildman–Crippen MR) is 83.6 cm³/mol. The molecule has 0 saturated heterocycles. The molecular weight excluding hydrogens is 450 g/mol. The Labute approximate surface area is 141 Å². The molecule has 2 aromatic heterocycles. The molecule has 0 saturated carbocycles. The average molecular weight is 459 g/mol. The van der Waals surface area contributed by atoms with Gasteiger partial charge in [0.1, 0.15) is 10.9 Å². The minimum Gasteiger partial charge on any atom is -0.480 e. The van der Waals surface area contributed by atoms with Crippen LogP contribution in [0.3, 0.4) is 0 Å². The quantitative estimate of drug-likeness (QED) is 0.714. The van der Waals surface area contributed by atoms with E-state index >= 15 is 0 Å². The van der Waals surface area contributed by atoms with E-state index in [0.717, 1.165) is 0 Å². The SMILES string of the molecule is Cn1cc(C(NS(=O)(=O)c2cc(Br)sc2Br)C(=O)O)cn1. The zero-order valence-corrected chi connectivity index (χ0v) is 15.3. The van der Waals surface area contributed by atoms with Crippen molar-refractivity contribution >= 4 is 59.2 Å². The molecule has 2 N–H and O–H groups in total. The minimum absolute atomic E-state index is 0.0190. The third-order valence-electron chi connectivity index (χ3n) is 2.49. The van der Waals surface area contributed by atoms with Crippen LogP contribution in [0.2, 0.25) is 0 Å². The Morgan fingerprint density at radius 1 is 1.52 bits per heavy atom. The van der Waals surface area contributed by atoms with Gasteiger partial charge in [0.2, 0.25) is 10.0 Å². The van der Waals surface area contributed by atoms with Crippen molar-refractivity contribution in [3.63, 3.8) is 0 Å². The molecule has 0 spiro atoms. The second-order valence-corrected chi connectivity index (χ2v) is 9.46. The van der Waals surface area contributed by atoms with Crippen molar-refractivity contribution in [2.75, 3.05) is 0 Å². The number of sulfonamides is 1.